The summed E-state index contributed by atoms with van der Waals surface area (Å²) in [4.78, 5) is 12.6. The van der Waals surface area contributed by atoms with Gasteiger partial charge < -0.3 is 5.32 Å². The highest BCUT2D eigenvalue weighted by atomic mass is 32.2. The topological polar surface area (TPSA) is 75.3 Å². The molecule has 0 spiro atoms. The van der Waals surface area contributed by atoms with Gasteiger partial charge in [-0.05, 0) is 53.9 Å². The number of hydrogen-bond donors (Lipinski definition) is 2. The van der Waals surface area contributed by atoms with E-state index in [4.69, 9.17) is 0 Å². The Labute approximate surface area is 159 Å². The van der Waals surface area contributed by atoms with E-state index in [9.17, 15) is 13.2 Å². The van der Waals surface area contributed by atoms with Crippen molar-refractivity contribution >= 4 is 32.4 Å². The van der Waals surface area contributed by atoms with Crippen LogP contribution in [0.4, 0.5) is 5.69 Å². The smallest absolute Gasteiger partial charge is 0.251 e. The number of carbonyl (C=O) groups excluding carboxylic acids is 1. The van der Waals surface area contributed by atoms with Crippen molar-refractivity contribution in [2.75, 3.05) is 11.0 Å². The maximum absolute atomic E-state index is 12.6. The zero-order chi connectivity index (χ0) is 19.6. The Hall–Kier alpha value is -2.86. The van der Waals surface area contributed by atoms with Crippen LogP contribution in [0, 0.1) is 6.92 Å². The number of hydrogen-bond acceptors (Lipinski definition) is 3. The van der Waals surface area contributed by atoms with Gasteiger partial charge in [-0.2, -0.15) is 0 Å². The average Bonchev–Trinajstić information content (AvgIpc) is 2.61. The predicted molar refractivity (Wildman–Crippen MR) is 109 cm³/mol. The van der Waals surface area contributed by atoms with E-state index in [0.29, 0.717) is 11.3 Å². The van der Waals surface area contributed by atoms with E-state index in [1.807, 2.05) is 68.4 Å². The molecule has 1 atom stereocenters. The van der Waals surface area contributed by atoms with E-state index in [0.717, 1.165) is 28.2 Å². The van der Waals surface area contributed by atoms with Crippen LogP contribution < -0.4 is 10.0 Å². The summed E-state index contributed by atoms with van der Waals surface area (Å²) in [5.74, 6) is -0.149. The van der Waals surface area contributed by atoms with Crippen molar-refractivity contribution in [3.8, 4) is 0 Å². The van der Waals surface area contributed by atoms with Crippen LogP contribution in [0.15, 0.2) is 60.7 Å². The SMILES string of the molecule is Cc1cc([C@@H](C)NC(=O)c2ccc3ccccc3c2)ccc1NS(C)(=O)=O. The van der Waals surface area contributed by atoms with E-state index in [1.54, 1.807) is 6.07 Å². The molecule has 6 heteroatoms. The summed E-state index contributed by atoms with van der Waals surface area (Å²) < 4.78 is 25.3. The summed E-state index contributed by atoms with van der Waals surface area (Å²) in [6.07, 6.45) is 1.12. The minimum atomic E-state index is -3.33. The lowest BCUT2D eigenvalue weighted by Crippen LogP contribution is -2.26. The van der Waals surface area contributed by atoms with Crippen molar-refractivity contribution in [3.63, 3.8) is 0 Å². The van der Waals surface area contributed by atoms with Gasteiger partial charge in [-0.25, -0.2) is 8.42 Å². The molecule has 2 N–H and O–H groups in total. The van der Waals surface area contributed by atoms with Crippen molar-refractivity contribution in [2.45, 2.75) is 19.9 Å². The van der Waals surface area contributed by atoms with Gasteiger partial charge in [0.2, 0.25) is 10.0 Å². The van der Waals surface area contributed by atoms with Crippen LogP contribution in [0.25, 0.3) is 10.8 Å². The normalized spacial score (nSPS) is 12.6. The first-order chi connectivity index (χ1) is 12.7. The van der Waals surface area contributed by atoms with Crippen LogP contribution in [0.5, 0.6) is 0 Å². The number of rotatable bonds is 5. The second-order valence-corrected chi connectivity index (χ2v) is 8.45. The molecule has 0 heterocycles. The van der Waals surface area contributed by atoms with Crippen molar-refractivity contribution in [2.24, 2.45) is 0 Å². The lowest BCUT2D eigenvalue weighted by atomic mass is 10.0. The highest BCUT2D eigenvalue weighted by Crippen LogP contribution is 2.22. The monoisotopic (exact) mass is 382 g/mol. The van der Waals surface area contributed by atoms with Gasteiger partial charge in [0.15, 0.2) is 0 Å². The molecule has 140 valence electrons. The Morgan fingerprint density at radius 1 is 0.963 bits per heavy atom. The van der Waals surface area contributed by atoms with Crippen LogP contribution in [0.1, 0.15) is 34.5 Å². The van der Waals surface area contributed by atoms with E-state index in [2.05, 4.69) is 10.0 Å². The second kappa shape index (κ2) is 7.40. The summed E-state index contributed by atoms with van der Waals surface area (Å²) in [6, 6.07) is 18.7. The summed E-state index contributed by atoms with van der Waals surface area (Å²) in [7, 11) is -3.33. The molecular formula is C21H22N2O3S. The van der Waals surface area contributed by atoms with Gasteiger partial charge in [-0.3, -0.25) is 9.52 Å². The molecule has 5 nitrogen and oxygen atoms in total. The molecule has 0 radical (unpaired) electrons. The van der Waals surface area contributed by atoms with Gasteiger partial charge in [0.05, 0.1) is 18.0 Å². The van der Waals surface area contributed by atoms with Crippen LogP contribution >= 0.6 is 0 Å². The van der Waals surface area contributed by atoms with Crippen LogP contribution in [-0.2, 0) is 10.0 Å². The first kappa shape index (κ1) is 18.9. The minimum absolute atomic E-state index is 0.149. The Bertz CT molecular complexity index is 1110. The van der Waals surface area contributed by atoms with Crippen molar-refractivity contribution in [1.29, 1.82) is 0 Å². The fraction of sp³-hybridized carbons (Fsp3) is 0.190. The third kappa shape index (κ3) is 4.65. The largest absolute Gasteiger partial charge is 0.346 e. The molecule has 0 aliphatic heterocycles. The molecule has 0 fully saturated rings. The van der Waals surface area contributed by atoms with Gasteiger partial charge >= 0.3 is 0 Å². The number of anilines is 1. The lowest BCUT2D eigenvalue weighted by Gasteiger charge is -2.17. The van der Waals surface area contributed by atoms with Gasteiger partial charge in [0, 0.05) is 5.56 Å². The Morgan fingerprint density at radius 3 is 2.33 bits per heavy atom. The number of fused-ring (bicyclic) bond motifs is 1. The highest BCUT2D eigenvalue weighted by Gasteiger charge is 2.13. The third-order valence-corrected chi connectivity index (χ3v) is 5.00. The number of aryl methyl sites for hydroxylation is 1. The fourth-order valence-electron chi connectivity index (χ4n) is 2.96. The summed E-state index contributed by atoms with van der Waals surface area (Å²) in [5.41, 5.74) is 2.84. The molecule has 0 saturated heterocycles. The third-order valence-electron chi connectivity index (χ3n) is 4.41. The molecule has 1 amide bonds. The molecule has 0 aromatic heterocycles. The quantitative estimate of drug-likeness (QED) is 0.700. The molecule has 0 saturated carbocycles. The molecule has 0 bridgehead atoms. The second-order valence-electron chi connectivity index (χ2n) is 6.71. The minimum Gasteiger partial charge on any atom is -0.346 e. The summed E-state index contributed by atoms with van der Waals surface area (Å²) in [6.45, 7) is 3.73. The molecule has 0 unspecified atom stereocenters. The van der Waals surface area contributed by atoms with E-state index in [-0.39, 0.29) is 11.9 Å². The van der Waals surface area contributed by atoms with Crippen LogP contribution in [0.2, 0.25) is 0 Å². The van der Waals surface area contributed by atoms with Gasteiger partial charge in [-0.15, -0.1) is 0 Å². The number of sulfonamides is 1. The van der Waals surface area contributed by atoms with Gasteiger partial charge in [0.1, 0.15) is 0 Å². The molecule has 3 aromatic rings. The fourth-order valence-corrected chi connectivity index (χ4v) is 3.59. The number of amides is 1. The van der Waals surface area contributed by atoms with E-state index >= 15 is 0 Å². The Balaban J connectivity index is 1.76. The van der Waals surface area contributed by atoms with Crippen molar-refractivity contribution in [3.05, 3.63) is 77.4 Å². The molecular weight excluding hydrogens is 360 g/mol. The number of nitrogens with one attached hydrogen (secondary N) is 2. The maximum atomic E-state index is 12.6. The first-order valence-corrected chi connectivity index (χ1v) is 10.5. The zero-order valence-corrected chi connectivity index (χ0v) is 16.3. The van der Waals surface area contributed by atoms with Crippen LogP contribution in [0.3, 0.4) is 0 Å². The molecule has 27 heavy (non-hydrogen) atoms. The summed E-state index contributed by atoms with van der Waals surface area (Å²) in [5, 5.41) is 5.10. The number of benzene rings is 3. The van der Waals surface area contributed by atoms with Crippen LogP contribution in [-0.4, -0.2) is 20.6 Å². The number of carbonyl (C=O) groups is 1. The Morgan fingerprint density at radius 2 is 1.67 bits per heavy atom. The highest BCUT2D eigenvalue weighted by molar-refractivity contribution is 7.92. The van der Waals surface area contributed by atoms with Gasteiger partial charge in [0.25, 0.3) is 5.91 Å². The zero-order valence-electron chi connectivity index (χ0n) is 15.5. The molecule has 0 aliphatic carbocycles. The molecule has 3 rings (SSSR count). The van der Waals surface area contributed by atoms with E-state index < -0.39 is 10.0 Å². The standard InChI is InChI=1S/C21H22N2O3S/c1-14-12-17(10-11-20(14)23-27(3,25)26)15(2)22-21(24)19-9-8-16-6-4-5-7-18(16)13-19/h4-13,15,23H,1-3H3,(H,22,24)/t15-/m1/s1. The summed E-state index contributed by atoms with van der Waals surface area (Å²) >= 11 is 0. The predicted octanol–water partition coefficient (Wildman–Crippen LogP) is 4.01. The Kier molecular flexibility index (Phi) is 5.19. The molecule has 3 aromatic carbocycles. The first-order valence-electron chi connectivity index (χ1n) is 8.61. The van der Waals surface area contributed by atoms with E-state index in [1.165, 1.54) is 0 Å². The molecule has 0 aliphatic rings. The van der Waals surface area contributed by atoms with Gasteiger partial charge in [-0.1, -0.05) is 42.5 Å². The van der Waals surface area contributed by atoms with Crippen molar-refractivity contribution in [1.82, 2.24) is 5.32 Å². The average molecular weight is 382 g/mol. The lowest BCUT2D eigenvalue weighted by molar-refractivity contribution is 0.0940. The maximum Gasteiger partial charge on any atom is 0.251 e. The van der Waals surface area contributed by atoms with Crippen molar-refractivity contribution < 1.29 is 13.2 Å².